The highest BCUT2D eigenvalue weighted by Gasteiger charge is 2.12. The summed E-state index contributed by atoms with van der Waals surface area (Å²) in [6.07, 6.45) is 5.65. The van der Waals surface area contributed by atoms with Gasteiger partial charge in [0, 0.05) is 17.9 Å². The molecule has 0 aliphatic heterocycles. The third-order valence-corrected chi connectivity index (χ3v) is 1.93. The second-order valence-electron chi connectivity index (χ2n) is 3.04. The second kappa shape index (κ2) is 4.47. The molecule has 1 nitrogen and oxygen atoms in total. The molecule has 1 unspecified atom stereocenters. The number of hydrogen-bond acceptors (Lipinski definition) is 1. The van der Waals surface area contributed by atoms with E-state index in [1.165, 1.54) is 0 Å². The number of hydrogen-bond donors (Lipinski definition) is 0. The number of Topliss-reactive ketones (excluding diaryl/α,β-unsaturated/α-hetero) is 1. The monoisotopic (exact) mass is 172 g/mol. The Balaban J connectivity index is 2.75. The normalized spacial score (nSPS) is 11.7. The van der Waals surface area contributed by atoms with Crippen molar-refractivity contribution in [2.45, 2.75) is 13.3 Å². The molecule has 0 aromatic heterocycles. The quantitative estimate of drug-likeness (QED) is 0.505. The Morgan fingerprint density at radius 2 is 2.08 bits per heavy atom. The van der Waals surface area contributed by atoms with Crippen molar-refractivity contribution in [2.24, 2.45) is 5.92 Å². The zero-order chi connectivity index (χ0) is 9.68. The van der Waals surface area contributed by atoms with Gasteiger partial charge in [0.05, 0.1) is 0 Å². The zero-order valence-electron chi connectivity index (χ0n) is 7.66. The standard InChI is InChI=1S/C12H12O/c1-3-7-10(2)12(13)11-8-5-4-6-9-11/h1,4-6,8-10H,7H2,2H3. The Hall–Kier alpha value is -1.55. The summed E-state index contributed by atoms with van der Waals surface area (Å²) in [7, 11) is 0. The van der Waals surface area contributed by atoms with Gasteiger partial charge in [-0.3, -0.25) is 4.79 Å². The Morgan fingerprint density at radius 3 is 2.62 bits per heavy atom. The van der Waals surface area contributed by atoms with Gasteiger partial charge in [0.25, 0.3) is 0 Å². The van der Waals surface area contributed by atoms with Crippen LogP contribution in [0.1, 0.15) is 23.7 Å². The summed E-state index contributed by atoms with van der Waals surface area (Å²) in [4.78, 5) is 11.6. The first kappa shape index (κ1) is 9.54. The average molecular weight is 172 g/mol. The molecule has 0 saturated heterocycles. The summed E-state index contributed by atoms with van der Waals surface area (Å²) in [6.45, 7) is 1.86. The van der Waals surface area contributed by atoms with Crippen LogP contribution >= 0.6 is 0 Å². The van der Waals surface area contributed by atoms with Crippen LogP contribution in [0.4, 0.5) is 0 Å². The molecule has 0 radical (unpaired) electrons. The summed E-state index contributed by atoms with van der Waals surface area (Å²) in [5, 5.41) is 0. The first-order chi connectivity index (χ1) is 6.25. The minimum absolute atomic E-state index is 0.0765. The predicted molar refractivity (Wildman–Crippen MR) is 53.4 cm³/mol. The molecule has 0 aliphatic rings. The SMILES string of the molecule is C#CCC(C)C(=O)c1ccccc1. The van der Waals surface area contributed by atoms with Gasteiger partial charge in [0.15, 0.2) is 5.78 Å². The lowest BCUT2D eigenvalue weighted by molar-refractivity contribution is 0.0932. The Kier molecular flexibility index (Phi) is 3.28. The van der Waals surface area contributed by atoms with Crippen LogP contribution in [0.15, 0.2) is 30.3 Å². The van der Waals surface area contributed by atoms with Gasteiger partial charge in [0.2, 0.25) is 0 Å². The van der Waals surface area contributed by atoms with Crippen molar-refractivity contribution >= 4 is 5.78 Å². The van der Waals surface area contributed by atoms with Crippen LogP contribution in [0.25, 0.3) is 0 Å². The van der Waals surface area contributed by atoms with Gasteiger partial charge in [0.1, 0.15) is 0 Å². The number of terminal acetylenes is 1. The maximum Gasteiger partial charge on any atom is 0.166 e. The van der Waals surface area contributed by atoms with Crippen LogP contribution in [0.2, 0.25) is 0 Å². The Bertz CT molecular complexity index is 319. The highest BCUT2D eigenvalue weighted by atomic mass is 16.1. The van der Waals surface area contributed by atoms with Crippen LogP contribution in [-0.4, -0.2) is 5.78 Å². The van der Waals surface area contributed by atoms with Crippen LogP contribution in [0, 0.1) is 18.3 Å². The van der Waals surface area contributed by atoms with E-state index < -0.39 is 0 Å². The van der Waals surface area contributed by atoms with Gasteiger partial charge in [-0.05, 0) is 0 Å². The molecule has 0 heterocycles. The fraction of sp³-hybridized carbons (Fsp3) is 0.250. The van der Waals surface area contributed by atoms with E-state index in [4.69, 9.17) is 6.42 Å². The predicted octanol–water partition coefficient (Wildman–Crippen LogP) is 2.53. The van der Waals surface area contributed by atoms with E-state index in [9.17, 15) is 4.79 Å². The van der Waals surface area contributed by atoms with E-state index in [1.807, 2.05) is 37.3 Å². The molecule has 0 amide bonds. The molecule has 13 heavy (non-hydrogen) atoms. The molecule has 1 rings (SSSR count). The zero-order valence-corrected chi connectivity index (χ0v) is 7.66. The molecule has 66 valence electrons. The first-order valence-corrected chi connectivity index (χ1v) is 4.28. The number of carbonyl (C=O) groups is 1. The maximum absolute atomic E-state index is 11.6. The molecule has 0 bridgehead atoms. The number of ketones is 1. The fourth-order valence-corrected chi connectivity index (χ4v) is 1.16. The van der Waals surface area contributed by atoms with Crippen molar-refractivity contribution in [1.82, 2.24) is 0 Å². The van der Waals surface area contributed by atoms with Gasteiger partial charge in [-0.25, -0.2) is 0 Å². The van der Waals surface area contributed by atoms with E-state index >= 15 is 0 Å². The van der Waals surface area contributed by atoms with Crippen LogP contribution in [0.3, 0.4) is 0 Å². The maximum atomic E-state index is 11.6. The lowest BCUT2D eigenvalue weighted by Crippen LogP contribution is -2.10. The van der Waals surface area contributed by atoms with Crippen LogP contribution in [0.5, 0.6) is 0 Å². The molecular weight excluding hydrogens is 160 g/mol. The Morgan fingerprint density at radius 1 is 1.46 bits per heavy atom. The van der Waals surface area contributed by atoms with Crippen molar-refractivity contribution < 1.29 is 4.79 Å². The van der Waals surface area contributed by atoms with Crippen LogP contribution in [-0.2, 0) is 0 Å². The average Bonchev–Trinajstić information content (AvgIpc) is 2.18. The molecular formula is C12H12O. The molecule has 0 saturated carbocycles. The highest BCUT2D eigenvalue weighted by Crippen LogP contribution is 2.10. The first-order valence-electron chi connectivity index (χ1n) is 4.28. The molecule has 1 atom stereocenters. The minimum Gasteiger partial charge on any atom is -0.294 e. The summed E-state index contributed by atoms with van der Waals surface area (Å²) in [5.41, 5.74) is 0.741. The van der Waals surface area contributed by atoms with E-state index in [0.29, 0.717) is 6.42 Å². The van der Waals surface area contributed by atoms with Crippen molar-refractivity contribution in [1.29, 1.82) is 0 Å². The van der Waals surface area contributed by atoms with E-state index in [-0.39, 0.29) is 11.7 Å². The lowest BCUT2D eigenvalue weighted by Gasteiger charge is -2.05. The molecule has 0 N–H and O–H groups in total. The van der Waals surface area contributed by atoms with Gasteiger partial charge in [-0.15, -0.1) is 12.3 Å². The smallest absolute Gasteiger partial charge is 0.166 e. The van der Waals surface area contributed by atoms with E-state index in [2.05, 4.69) is 5.92 Å². The van der Waals surface area contributed by atoms with Gasteiger partial charge >= 0.3 is 0 Å². The largest absolute Gasteiger partial charge is 0.294 e. The second-order valence-corrected chi connectivity index (χ2v) is 3.04. The lowest BCUT2D eigenvalue weighted by atomic mass is 9.97. The van der Waals surface area contributed by atoms with Gasteiger partial charge < -0.3 is 0 Å². The highest BCUT2D eigenvalue weighted by molar-refractivity contribution is 5.97. The van der Waals surface area contributed by atoms with Gasteiger partial charge in [-0.1, -0.05) is 37.3 Å². The third-order valence-electron chi connectivity index (χ3n) is 1.93. The molecule has 1 heteroatoms. The fourth-order valence-electron chi connectivity index (χ4n) is 1.16. The summed E-state index contributed by atoms with van der Waals surface area (Å²) in [5.74, 6) is 2.54. The van der Waals surface area contributed by atoms with Crippen molar-refractivity contribution in [3.8, 4) is 12.3 Å². The summed E-state index contributed by atoms with van der Waals surface area (Å²) >= 11 is 0. The Labute approximate surface area is 78.8 Å². The minimum atomic E-state index is -0.0765. The molecule has 0 spiro atoms. The molecule has 0 aliphatic carbocycles. The van der Waals surface area contributed by atoms with Crippen molar-refractivity contribution in [2.75, 3.05) is 0 Å². The molecule has 0 fully saturated rings. The van der Waals surface area contributed by atoms with Gasteiger partial charge in [-0.2, -0.15) is 0 Å². The van der Waals surface area contributed by atoms with E-state index in [1.54, 1.807) is 0 Å². The van der Waals surface area contributed by atoms with Crippen LogP contribution < -0.4 is 0 Å². The summed E-state index contributed by atoms with van der Waals surface area (Å²) in [6, 6.07) is 9.24. The topological polar surface area (TPSA) is 17.1 Å². The summed E-state index contributed by atoms with van der Waals surface area (Å²) < 4.78 is 0. The number of benzene rings is 1. The molecule has 1 aromatic carbocycles. The number of carbonyl (C=O) groups excluding carboxylic acids is 1. The third kappa shape index (κ3) is 2.45. The van der Waals surface area contributed by atoms with Crippen molar-refractivity contribution in [3.63, 3.8) is 0 Å². The van der Waals surface area contributed by atoms with Crippen molar-refractivity contribution in [3.05, 3.63) is 35.9 Å². The molecule has 1 aromatic rings. The van der Waals surface area contributed by atoms with E-state index in [0.717, 1.165) is 5.56 Å². The number of rotatable bonds is 3.